The molecule has 128 valence electrons. The summed E-state index contributed by atoms with van der Waals surface area (Å²) in [5.41, 5.74) is 0.535. The smallest absolute Gasteiger partial charge is 0.325 e. The molecule has 0 saturated carbocycles. The normalized spacial score (nSPS) is 11.8. The highest BCUT2D eigenvalue weighted by Gasteiger charge is 2.16. The average molecular weight is 321 g/mol. The monoisotopic (exact) mass is 321 g/mol. The molecule has 0 spiro atoms. The summed E-state index contributed by atoms with van der Waals surface area (Å²) >= 11 is 0. The molecule has 0 saturated heterocycles. The van der Waals surface area contributed by atoms with Crippen molar-refractivity contribution in [1.29, 1.82) is 0 Å². The van der Waals surface area contributed by atoms with E-state index in [9.17, 15) is 4.79 Å². The maximum atomic E-state index is 11.7. The number of carbonyl (C=O) groups excluding carboxylic acids is 1. The minimum absolute atomic E-state index is 0.0706. The summed E-state index contributed by atoms with van der Waals surface area (Å²) in [6, 6.07) is 7.72. The van der Waals surface area contributed by atoms with Crippen molar-refractivity contribution in [2.45, 2.75) is 39.8 Å². The Hall–Kier alpha value is -2.24. The summed E-state index contributed by atoms with van der Waals surface area (Å²) in [4.78, 5) is 16.2. The molecule has 1 aromatic carbocycles. The number of aliphatic imine (C=N–C) groups is 1. The van der Waals surface area contributed by atoms with Crippen molar-refractivity contribution in [3.63, 3.8) is 0 Å². The van der Waals surface area contributed by atoms with Gasteiger partial charge in [0.1, 0.15) is 17.9 Å². The fraction of sp³-hybridized carbons (Fsp3) is 0.529. The molecule has 6 heteroatoms. The van der Waals surface area contributed by atoms with Gasteiger partial charge in [0.15, 0.2) is 5.96 Å². The van der Waals surface area contributed by atoms with Gasteiger partial charge in [-0.15, -0.1) is 0 Å². The van der Waals surface area contributed by atoms with E-state index in [2.05, 4.69) is 15.6 Å². The predicted octanol–water partition coefficient (Wildman–Crippen LogP) is 2.09. The second-order valence-corrected chi connectivity index (χ2v) is 5.99. The van der Waals surface area contributed by atoms with Crippen molar-refractivity contribution < 1.29 is 14.3 Å². The maximum absolute atomic E-state index is 11.7. The second kappa shape index (κ2) is 9.02. The number of guanidine groups is 1. The zero-order valence-electron chi connectivity index (χ0n) is 14.6. The molecule has 0 aliphatic carbocycles. The lowest BCUT2D eigenvalue weighted by molar-refractivity contribution is -0.153. The second-order valence-electron chi connectivity index (χ2n) is 5.99. The van der Waals surface area contributed by atoms with E-state index in [1.54, 1.807) is 7.11 Å². The van der Waals surface area contributed by atoms with Gasteiger partial charge >= 0.3 is 5.97 Å². The van der Waals surface area contributed by atoms with Crippen molar-refractivity contribution >= 4 is 11.9 Å². The molecule has 0 radical (unpaired) electrons. The van der Waals surface area contributed by atoms with Crippen LogP contribution in [0.3, 0.4) is 0 Å². The molecule has 0 unspecified atom stereocenters. The highest BCUT2D eigenvalue weighted by Crippen LogP contribution is 2.13. The summed E-state index contributed by atoms with van der Waals surface area (Å²) in [5.74, 6) is 1.05. The summed E-state index contributed by atoms with van der Waals surface area (Å²) in [6.45, 7) is 8.75. The minimum atomic E-state index is -0.491. The first-order chi connectivity index (χ1) is 10.8. The third-order valence-electron chi connectivity index (χ3n) is 2.72. The van der Waals surface area contributed by atoms with Gasteiger partial charge in [-0.2, -0.15) is 0 Å². The number of rotatable bonds is 6. The molecule has 0 aliphatic heterocycles. The lowest BCUT2D eigenvalue weighted by Gasteiger charge is -2.20. The quantitative estimate of drug-likeness (QED) is 0.477. The molecule has 6 nitrogen and oxygen atoms in total. The Kier molecular flexibility index (Phi) is 7.38. The van der Waals surface area contributed by atoms with Crippen LogP contribution in [0.15, 0.2) is 29.3 Å². The molecular weight excluding hydrogens is 294 g/mol. The molecule has 0 aliphatic rings. The topological polar surface area (TPSA) is 72.0 Å². The largest absolute Gasteiger partial charge is 0.497 e. The Labute approximate surface area is 138 Å². The molecule has 0 atom stereocenters. The third kappa shape index (κ3) is 8.09. The van der Waals surface area contributed by atoms with Gasteiger partial charge in [-0.3, -0.25) is 4.79 Å². The molecule has 0 aromatic heterocycles. The van der Waals surface area contributed by atoms with Gasteiger partial charge in [0, 0.05) is 6.54 Å². The van der Waals surface area contributed by atoms with Crippen LogP contribution in [0.2, 0.25) is 0 Å². The van der Waals surface area contributed by atoms with Crippen LogP contribution in [0.25, 0.3) is 0 Å². The van der Waals surface area contributed by atoms with E-state index in [4.69, 9.17) is 9.47 Å². The average Bonchev–Trinajstić information content (AvgIpc) is 2.48. The first-order valence-electron chi connectivity index (χ1n) is 7.71. The number of benzene rings is 1. The minimum Gasteiger partial charge on any atom is -0.497 e. The van der Waals surface area contributed by atoms with Gasteiger partial charge in [-0.25, -0.2) is 4.99 Å². The number of ether oxygens (including phenoxy) is 2. The first kappa shape index (κ1) is 18.8. The fourth-order valence-corrected chi connectivity index (χ4v) is 1.82. The van der Waals surface area contributed by atoms with E-state index >= 15 is 0 Å². The van der Waals surface area contributed by atoms with Crippen molar-refractivity contribution in [2.75, 3.05) is 20.2 Å². The van der Waals surface area contributed by atoms with Crippen LogP contribution in [0.5, 0.6) is 5.75 Å². The number of hydrogen-bond acceptors (Lipinski definition) is 4. The molecule has 23 heavy (non-hydrogen) atoms. The lowest BCUT2D eigenvalue weighted by Crippen LogP contribution is -2.41. The number of methoxy groups -OCH3 is 1. The fourth-order valence-electron chi connectivity index (χ4n) is 1.82. The van der Waals surface area contributed by atoms with Gasteiger partial charge < -0.3 is 20.1 Å². The highest BCUT2D eigenvalue weighted by atomic mass is 16.6. The van der Waals surface area contributed by atoms with Gasteiger partial charge in [-0.1, -0.05) is 12.1 Å². The van der Waals surface area contributed by atoms with E-state index in [0.29, 0.717) is 19.0 Å². The summed E-state index contributed by atoms with van der Waals surface area (Å²) in [6.07, 6.45) is 0. The number of nitrogens with one attached hydrogen (secondary N) is 2. The molecular formula is C17H27N3O3. The van der Waals surface area contributed by atoms with E-state index in [1.165, 1.54) is 0 Å². The van der Waals surface area contributed by atoms with Gasteiger partial charge in [0.25, 0.3) is 0 Å². The van der Waals surface area contributed by atoms with Crippen LogP contribution in [-0.2, 0) is 16.1 Å². The maximum Gasteiger partial charge on any atom is 0.325 e. The molecule has 1 aromatic rings. The standard InChI is InChI=1S/C17H27N3O3/c1-6-18-16(20-12-15(21)23-17(2,3)4)19-11-13-8-7-9-14(10-13)22-5/h7-10H,6,11-12H2,1-5H3,(H2,18,19,20). The Balaban J connectivity index is 2.60. The summed E-state index contributed by atoms with van der Waals surface area (Å²) < 4.78 is 10.5. The Morgan fingerprint density at radius 3 is 2.61 bits per heavy atom. The van der Waals surface area contributed by atoms with Crippen LogP contribution in [0.4, 0.5) is 0 Å². The predicted molar refractivity (Wildman–Crippen MR) is 91.7 cm³/mol. The molecule has 0 amide bonds. The van der Waals surface area contributed by atoms with E-state index in [1.807, 2.05) is 52.0 Å². The number of nitrogens with zero attached hydrogens (tertiary/aromatic N) is 1. The van der Waals surface area contributed by atoms with E-state index in [-0.39, 0.29) is 12.5 Å². The molecule has 0 fully saturated rings. The molecule has 2 N–H and O–H groups in total. The van der Waals surface area contributed by atoms with Crippen molar-refractivity contribution in [3.8, 4) is 5.75 Å². The van der Waals surface area contributed by atoms with Crippen molar-refractivity contribution in [3.05, 3.63) is 29.8 Å². The Morgan fingerprint density at radius 1 is 1.26 bits per heavy atom. The first-order valence-corrected chi connectivity index (χ1v) is 7.71. The van der Waals surface area contributed by atoms with Crippen molar-refractivity contribution in [2.24, 2.45) is 4.99 Å². The van der Waals surface area contributed by atoms with Crippen LogP contribution < -0.4 is 15.4 Å². The van der Waals surface area contributed by atoms with E-state index < -0.39 is 5.60 Å². The Bertz CT molecular complexity index is 536. The molecule has 0 heterocycles. The molecule has 0 bridgehead atoms. The van der Waals surface area contributed by atoms with Gasteiger partial charge in [0.05, 0.1) is 13.7 Å². The number of hydrogen-bond donors (Lipinski definition) is 2. The van der Waals surface area contributed by atoms with Gasteiger partial charge in [-0.05, 0) is 45.4 Å². The van der Waals surface area contributed by atoms with Crippen LogP contribution in [-0.4, -0.2) is 37.7 Å². The van der Waals surface area contributed by atoms with Crippen LogP contribution in [0.1, 0.15) is 33.3 Å². The highest BCUT2D eigenvalue weighted by molar-refractivity contribution is 5.84. The van der Waals surface area contributed by atoms with Crippen LogP contribution in [0, 0.1) is 0 Å². The number of esters is 1. The Morgan fingerprint density at radius 2 is 2.00 bits per heavy atom. The summed E-state index contributed by atoms with van der Waals surface area (Å²) in [5, 5.41) is 6.07. The number of carbonyl (C=O) groups is 1. The van der Waals surface area contributed by atoms with E-state index in [0.717, 1.165) is 11.3 Å². The SMILES string of the molecule is CCNC(=NCc1cccc(OC)c1)NCC(=O)OC(C)(C)C. The van der Waals surface area contributed by atoms with Crippen LogP contribution >= 0.6 is 0 Å². The lowest BCUT2D eigenvalue weighted by atomic mass is 10.2. The zero-order chi connectivity index (χ0) is 17.3. The molecule has 1 rings (SSSR count). The van der Waals surface area contributed by atoms with Gasteiger partial charge in [0.2, 0.25) is 0 Å². The summed E-state index contributed by atoms with van der Waals surface area (Å²) in [7, 11) is 1.63. The van der Waals surface area contributed by atoms with Crippen molar-refractivity contribution in [1.82, 2.24) is 10.6 Å². The zero-order valence-corrected chi connectivity index (χ0v) is 14.6. The third-order valence-corrected chi connectivity index (χ3v) is 2.72.